The number of carboxylic acid groups (broad SMARTS) is 1. The van der Waals surface area contributed by atoms with Crippen LogP contribution in [0, 0.1) is 0 Å². The molecule has 0 aromatic rings. The SMILES string of the molecule is CCCCC/C=C\C[C@@H](/C=C/C=C\CCCCCCC(=O)O)OO. The van der Waals surface area contributed by atoms with Gasteiger partial charge in [0, 0.05) is 6.42 Å². The third-order valence-electron chi connectivity index (χ3n) is 3.73. The standard InChI is InChI=1S/C20H34O4/c1-2-3-4-5-10-13-16-19(24-23)17-14-11-8-6-7-9-12-15-18-20(21)22/h8,10-11,13-14,17,19,23H,2-7,9,12,15-16,18H2,1H3,(H,21,22)/b11-8-,13-10-,17-14+/t19-/m0/s1. The van der Waals surface area contributed by atoms with Gasteiger partial charge >= 0.3 is 5.97 Å². The van der Waals surface area contributed by atoms with E-state index in [0.717, 1.165) is 38.5 Å². The Morgan fingerprint density at radius 1 is 0.958 bits per heavy atom. The molecule has 0 radical (unpaired) electrons. The Morgan fingerprint density at radius 2 is 1.67 bits per heavy atom. The fourth-order valence-electron chi connectivity index (χ4n) is 2.27. The number of aliphatic carboxylic acids is 1. The molecule has 0 spiro atoms. The molecule has 0 rings (SSSR count). The lowest BCUT2D eigenvalue weighted by Crippen LogP contribution is -2.04. The zero-order chi connectivity index (χ0) is 17.9. The van der Waals surface area contributed by atoms with Gasteiger partial charge in [-0.25, -0.2) is 4.89 Å². The molecule has 0 fully saturated rings. The predicted octanol–water partition coefficient (Wildman–Crippen LogP) is 5.91. The Balaban J connectivity index is 3.67. The maximum Gasteiger partial charge on any atom is 0.303 e. The van der Waals surface area contributed by atoms with Crippen LogP contribution in [0.25, 0.3) is 0 Å². The minimum atomic E-state index is -0.712. The lowest BCUT2D eigenvalue weighted by atomic mass is 10.1. The first-order valence-corrected chi connectivity index (χ1v) is 9.21. The highest BCUT2D eigenvalue weighted by atomic mass is 17.1. The number of carboxylic acids is 1. The van der Waals surface area contributed by atoms with E-state index < -0.39 is 5.97 Å². The fraction of sp³-hybridized carbons (Fsp3) is 0.650. The minimum absolute atomic E-state index is 0.272. The molecule has 4 nitrogen and oxygen atoms in total. The van der Waals surface area contributed by atoms with Crippen LogP contribution in [0.5, 0.6) is 0 Å². The molecule has 0 aliphatic carbocycles. The quantitative estimate of drug-likeness (QED) is 0.121. The summed E-state index contributed by atoms with van der Waals surface area (Å²) in [6, 6.07) is 0. The van der Waals surface area contributed by atoms with Crippen LogP contribution in [0.4, 0.5) is 0 Å². The summed E-state index contributed by atoms with van der Waals surface area (Å²) in [4.78, 5) is 14.8. The Hall–Kier alpha value is -1.39. The summed E-state index contributed by atoms with van der Waals surface area (Å²) in [5.74, 6) is -0.712. The lowest BCUT2D eigenvalue weighted by Gasteiger charge is -2.04. The predicted molar refractivity (Wildman–Crippen MR) is 99.0 cm³/mol. The molecule has 138 valence electrons. The summed E-state index contributed by atoms with van der Waals surface area (Å²) in [6.45, 7) is 2.19. The van der Waals surface area contributed by atoms with Crippen LogP contribution in [-0.2, 0) is 9.68 Å². The van der Waals surface area contributed by atoms with Crippen LogP contribution in [0.1, 0.15) is 77.6 Å². The van der Waals surface area contributed by atoms with E-state index in [0.29, 0.717) is 6.42 Å². The Kier molecular flexibility index (Phi) is 16.9. The summed E-state index contributed by atoms with van der Waals surface area (Å²) >= 11 is 0. The average molecular weight is 338 g/mol. The Bertz CT molecular complexity index is 372. The zero-order valence-electron chi connectivity index (χ0n) is 15.0. The van der Waals surface area contributed by atoms with Gasteiger partial charge in [0.15, 0.2) is 0 Å². The van der Waals surface area contributed by atoms with E-state index >= 15 is 0 Å². The second kappa shape index (κ2) is 18.0. The Morgan fingerprint density at radius 3 is 2.38 bits per heavy atom. The van der Waals surface area contributed by atoms with Gasteiger partial charge in [0.1, 0.15) is 6.10 Å². The number of rotatable bonds is 16. The maximum atomic E-state index is 10.4. The largest absolute Gasteiger partial charge is 0.481 e. The molecule has 0 aromatic carbocycles. The van der Waals surface area contributed by atoms with E-state index in [1.165, 1.54) is 19.3 Å². The first kappa shape index (κ1) is 22.6. The molecule has 24 heavy (non-hydrogen) atoms. The number of unbranched alkanes of at least 4 members (excludes halogenated alkanes) is 7. The molecule has 0 aromatic heterocycles. The highest BCUT2D eigenvalue weighted by molar-refractivity contribution is 5.66. The summed E-state index contributed by atoms with van der Waals surface area (Å²) < 4.78 is 0. The fourth-order valence-corrected chi connectivity index (χ4v) is 2.27. The number of allylic oxidation sites excluding steroid dienone is 4. The van der Waals surface area contributed by atoms with Crippen LogP contribution in [-0.4, -0.2) is 22.4 Å². The van der Waals surface area contributed by atoms with Crippen molar-refractivity contribution in [3.05, 3.63) is 36.5 Å². The van der Waals surface area contributed by atoms with Gasteiger partial charge in [0.05, 0.1) is 0 Å². The van der Waals surface area contributed by atoms with Crippen molar-refractivity contribution < 1.29 is 20.0 Å². The van der Waals surface area contributed by atoms with Crippen molar-refractivity contribution in [2.45, 2.75) is 83.7 Å². The van der Waals surface area contributed by atoms with E-state index in [2.05, 4.69) is 30.0 Å². The maximum absolute atomic E-state index is 10.4. The van der Waals surface area contributed by atoms with E-state index in [-0.39, 0.29) is 12.5 Å². The number of hydrogen-bond donors (Lipinski definition) is 2. The van der Waals surface area contributed by atoms with Crippen molar-refractivity contribution in [3.63, 3.8) is 0 Å². The molecule has 1 atom stereocenters. The molecule has 4 heteroatoms. The van der Waals surface area contributed by atoms with Gasteiger partial charge in [0.25, 0.3) is 0 Å². The number of hydrogen-bond acceptors (Lipinski definition) is 3. The molecule has 0 saturated carbocycles. The van der Waals surface area contributed by atoms with Crippen LogP contribution in [0.15, 0.2) is 36.5 Å². The molecule has 2 N–H and O–H groups in total. The molecule has 0 amide bonds. The molecule has 0 unspecified atom stereocenters. The Labute approximate surface area is 146 Å². The molecule has 0 heterocycles. The minimum Gasteiger partial charge on any atom is -0.481 e. The summed E-state index contributed by atoms with van der Waals surface area (Å²) in [6.07, 6.45) is 22.3. The normalized spacial score (nSPS) is 13.4. The zero-order valence-corrected chi connectivity index (χ0v) is 15.0. The summed E-state index contributed by atoms with van der Waals surface area (Å²) in [7, 11) is 0. The molecule has 0 aliphatic heterocycles. The van der Waals surface area contributed by atoms with Gasteiger partial charge in [-0.15, -0.1) is 0 Å². The number of carbonyl (C=O) groups is 1. The molecular formula is C20H34O4. The van der Waals surface area contributed by atoms with Crippen molar-refractivity contribution >= 4 is 5.97 Å². The van der Waals surface area contributed by atoms with Gasteiger partial charge in [-0.05, 0) is 38.5 Å². The van der Waals surface area contributed by atoms with Crippen LogP contribution < -0.4 is 0 Å². The van der Waals surface area contributed by atoms with Gasteiger partial charge in [-0.2, -0.15) is 0 Å². The second-order valence-corrected chi connectivity index (χ2v) is 6.01. The van der Waals surface area contributed by atoms with Gasteiger partial charge in [-0.1, -0.05) is 69.1 Å². The first-order chi connectivity index (χ1) is 11.7. The third kappa shape index (κ3) is 17.0. The second-order valence-electron chi connectivity index (χ2n) is 6.01. The van der Waals surface area contributed by atoms with E-state index in [1.807, 2.05) is 18.2 Å². The van der Waals surface area contributed by atoms with E-state index in [4.69, 9.17) is 10.4 Å². The van der Waals surface area contributed by atoms with Gasteiger partial charge in [-0.3, -0.25) is 10.1 Å². The van der Waals surface area contributed by atoms with Crippen LogP contribution >= 0.6 is 0 Å². The van der Waals surface area contributed by atoms with Gasteiger partial charge in [0.2, 0.25) is 0 Å². The van der Waals surface area contributed by atoms with Gasteiger partial charge < -0.3 is 5.11 Å². The van der Waals surface area contributed by atoms with Crippen molar-refractivity contribution in [3.8, 4) is 0 Å². The summed E-state index contributed by atoms with van der Waals surface area (Å²) in [5.41, 5.74) is 0. The van der Waals surface area contributed by atoms with E-state index in [9.17, 15) is 4.79 Å². The molecule has 0 saturated heterocycles. The monoisotopic (exact) mass is 338 g/mol. The van der Waals surface area contributed by atoms with Crippen molar-refractivity contribution in [1.82, 2.24) is 0 Å². The molecular weight excluding hydrogens is 304 g/mol. The van der Waals surface area contributed by atoms with Crippen molar-refractivity contribution in [1.29, 1.82) is 0 Å². The highest BCUT2D eigenvalue weighted by Crippen LogP contribution is 2.07. The van der Waals surface area contributed by atoms with E-state index in [1.54, 1.807) is 0 Å². The van der Waals surface area contributed by atoms with Crippen LogP contribution in [0.2, 0.25) is 0 Å². The topological polar surface area (TPSA) is 66.8 Å². The average Bonchev–Trinajstić information content (AvgIpc) is 2.57. The molecule has 0 aliphatic rings. The first-order valence-electron chi connectivity index (χ1n) is 9.21. The van der Waals surface area contributed by atoms with Crippen molar-refractivity contribution in [2.24, 2.45) is 0 Å². The summed E-state index contributed by atoms with van der Waals surface area (Å²) in [5, 5.41) is 17.4. The third-order valence-corrected chi connectivity index (χ3v) is 3.73. The highest BCUT2D eigenvalue weighted by Gasteiger charge is 2.00. The van der Waals surface area contributed by atoms with Crippen LogP contribution in [0.3, 0.4) is 0 Å². The van der Waals surface area contributed by atoms with Crippen molar-refractivity contribution in [2.75, 3.05) is 0 Å². The molecule has 0 bridgehead atoms. The smallest absolute Gasteiger partial charge is 0.303 e. The lowest BCUT2D eigenvalue weighted by molar-refractivity contribution is -0.264.